The SMILES string of the molecule is CC.CCC1(CC(=O)C(C)C)CCC(C(=O)OC)CC1. The van der Waals surface area contributed by atoms with E-state index in [9.17, 15) is 9.59 Å². The maximum absolute atomic E-state index is 12.0. The first kappa shape index (κ1) is 19.1. The Hall–Kier alpha value is -0.860. The highest BCUT2D eigenvalue weighted by atomic mass is 16.5. The summed E-state index contributed by atoms with van der Waals surface area (Å²) in [7, 11) is 1.45. The molecule has 0 aromatic rings. The van der Waals surface area contributed by atoms with Gasteiger partial charge in [0.1, 0.15) is 5.78 Å². The standard InChI is InChI=1S/C15H26O3.C2H6/c1-5-15(10-13(16)11(2)3)8-6-12(7-9-15)14(17)18-4;1-2/h11-12H,5-10H2,1-4H3;1-2H3. The molecule has 0 saturated heterocycles. The Labute approximate surface area is 124 Å². The van der Waals surface area contributed by atoms with Gasteiger partial charge < -0.3 is 4.74 Å². The molecule has 0 aliphatic heterocycles. The number of hydrogen-bond acceptors (Lipinski definition) is 3. The summed E-state index contributed by atoms with van der Waals surface area (Å²) in [6.45, 7) is 10.1. The molecule has 3 heteroatoms. The summed E-state index contributed by atoms with van der Waals surface area (Å²) in [5, 5.41) is 0. The molecule has 20 heavy (non-hydrogen) atoms. The molecule has 0 amide bonds. The molecule has 0 radical (unpaired) electrons. The van der Waals surface area contributed by atoms with Crippen LogP contribution >= 0.6 is 0 Å². The molecule has 0 aromatic heterocycles. The minimum Gasteiger partial charge on any atom is -0.469 e. The van der Waals surface area contributed by atoms with Gasteiger partial charge in [0.2, 0.25) is 0 Å². The third kappa shape index (κ3) is 5.26. The van der Waals surface area contributed by atoms with Crippen LogP contribution in [0.2, 0.25) is 0 Å². The van der Waals surface area contributed by atoms with Gasteiger partial charge in [0, 0.05) is 12.3 Å². The number of esters is 1. The van der Waals surface area contributed by atoms with Crippen molar-refractivity contribution < 1.29 is 14.3 Å². The summed E-state index contributed by atoms with van der Waals surface area (Å²) in [5.41, 5.74) is 0.131. The second-order valence-corrected chi connectivity index (χ2v) is 5.95. The molecular formula is C17H32O3. The van der Waals surface area contributed by atoms with Crippen molar-refractivity contribution in [2.45, 2.75) is 73.1 Å². The summed E-state index contributed by atoms with van der Waals surface area (Å²) >= 11 is 0. The third-order valence-electron chi connectivity index (χ3n) is 4.52. The van der Waals surface area contributed by atoms with Crippen LogP contribution in [0.25, 0.3) is 0 Å². The van der Waals surface area contributed by atoms with E-state index in [1.54, 1.807) is 0 Å². The fourth-order valence-electron chi connectivity index (χ4n) is 2.86. The lowest BCUT2D eigenvalue weighted by molar-refractivity contribution is -0.147. The van der Waals surface area contributed by atoms with Crippen molar-refractivity contribution in [2.75, 3.05) is 7.11 Å². The Kier molecular flexibility index (Phi) is 8.75. The second-order valence-electron chi connectivity index (χ2n) is 5.95. The zero-order chi connectivity index (χ0) is 15.8. The number of rotatable bonds is 5. The van der Waals surface area contributed by atoms with E-state index in [1.807, 2.05) is 27.7 Å². The van der Waals surface area contributed by atoms with E-state index in [1.165, 1.54) is 7.11 Å². The fraction of sp³-hybridized carbons (Fsp3) is 0.882. The van der Waals surface area contributed by atoms with Gasteiger partial charge in [0.05, 0.1) is 13.0 Å². The van der Waals surface area contributed by atoms with Crippen LogP contribution in [0.15, 0.2) is 0 Å². The lowest BCUT2D eigenvalue weighted by Crippen LogP contribution is -2.33. The normalized spacial score (nSPS) is 25.6. The molecule has 0 heterocycles. The molecule has 0 spiro atoms. The number of carbonyl (C=O) groups excluding carboxylic acids is 2. The maximum atomic E-state index is 12.0. The molecule has 1 aliphatic rings. The lowest BCUT2D eigenvalue weighted by atomic mass is 9.66. The van der Waals surface area contributed by atoms with Gasteiger partial charge in [-0.2, -0.15) is 0 Å². The Morgan fingerprint density at radius 2 is 1.70 bits per heavy atom. The number of hydrogen-bond donors (Lipinski definition) is 0. The van der Waals surface area contributed by atoms with Crippen molar-refractivity contribution in [3.05, 3.63) is 0 Å². The zero-order valence-corrected chi connectivity index (χ0v) is 14.1. The number of carbonyl (C=O) groups is 2. The Morgan fingerprint density at radius 1 is 1.20 bits per heavy atom. The van der Waals surface area contributed by atoms with Gasteiger partial charge in [-0.25, -0.2) is 0 Å². The van der Waals surface area contributed by atoms with Gasteiger partial charge in [0.25, 0.3) is 0 Å². The number of ketones is 1. The summed E-state index contributed by atoms with van der Waals surface area (Å²) in [5.74, 6) is 0.429. The van der Waals surface area contributed by atoms with E-state index in [0.717, 1.165) is 32.1 Å². The van der Waals surface area contributed by atoms with E-state index in [0.29, 0.717) is 12.2 Å². The van der Waals surface area contributed by atoms with Gasteiger partial charge >= 0.3 is 5.97 Å². The topological polar surface area (TPSA) is 43.4 Å². The number of methoxy groups -OCH3 is 1. The van der Waals surface area contributed by atoms with Crippen molar-refractivity contribution in [2.24, 2.45) is 17.3 Å². The van der Waals surface area contributed by atoms with E-state index in [4.69, 9.17) is 4.74 Å². The first-order chi connectivity index (χ1) is 9.44. The molecule has 0 N–H and O–H groups in total. The molecule has 0 aromatic carbocycles. The van der Waals surface area contributed by atoms with Gasteiger partial charge in [0.15, 0.2) is 0 Å². The van der Waals surface area contributed by atoms with Crippen molar-refractivity contribution in [3.8, 4) is 0 Å². The summed E-state index contributed by atoms with van der Waals surface area (Å²) in [6.07, 6.45) is 5.38. The van der Waals surface area contributed by atoms with Crippen LogP contribution in [-0.4, -0.2) is 18.9 Å². The Balaban J connectivity index is 0.00000172. The molecule has 1 fully saturated rings. The predicted octanol–water partition coefficient (Wildman–Crippen LogP) is 4.39. The van der Waals surface area contributed by atoms with Gasteiger partial charge in [-0.15, -0.1) is 0 Å². The molecular weight excluding hydrogens is 252 g/mol. The van der Waals surface area contributed by atoms with Crippen LogP contribution in [0.4, 0.5) is 0 Å². The van der Waals surface area contributed by atoms with E-state index in [2.05, 4.69) is 6.92 Å². The van der Waals surface area contributed by atoms with Crippen LogP contribution in [0.3, 0.4) is 0 Å². The minimum atomic E-state index is -0.0881. The second kappa shape index (κ2) is 9.15. The Morgan fingerprint density at radius 3 is 2.05 bits per heavy atom. The van der Waals surface area contributed by atoms with Crippen LogP contribution in [0.1, 0.15) is 73.1 Å². The lowest BCUT2D eigenvalue weighted by Gasteiger charge is -2.39. The maximum Gasteiger partial charge on any atom is 0.308 e. The van der Waals surface area contributed by atoms with Crippen LogP contribution in [0, 0.1) is 17.3 Å². The van der Waals surface area contributed by atoms with Gasteiger partial charge in [-0.05, 0) is 31.1 Å². The quantitative estimate of drug-likeness (QED) is 0.703. The molecule has 1 aliphatic carbocycles. The highest BCUT2D eigenvalue weighted by molar-refractivity contribution is 5.81. The van der Waals surface area contributed by atoms with Crippen LogP contribution in [-0.2, 0) is 14.3 Å². The molecule has 1 saturated carbocycles. The highest BCUT2D eigenvalue weighted by Crippen LogP contribution is 2.45. The van der Waals surface area contributed by atoms with Crippen molar-refractivity contribution in [3.63, 3.8) is 0 Å². The van der Waals surface area contributed by atoms with E-state index in [-0.39, 0.29) is 23.2 Å². The molecule has 1 rings (SSSR count). The van der Waals surface area contributed by atoms with Gasteiger partial charge in [-0.3, -0.25) is 9.59 Å². The summed E-state index contributed by atoms with van der Waals surface area (Å²) in [4.78, 5) is 23.5. The van der Waals surface area contributed by atoms with Crippen LogP contribution < -0.4 is 0 Å². The molecule has 0 unspecified atom stereocenters. The Bertz CT molecular complexity index is 299. The molecule has 0 bridgehead atoms. The average Bonchev–Trinajstić information content (AvgIpc) is 2.49. The predicted molar refractivity (Wildman–Crippen MR) is 82.5 cm³/mol. The van der Waals surface area contributed by atoms with E-state index >= 15 is 0 Å². The molecule has 118 valence electrons. The number of ether oxygens (including phenoxy) is 1. The first-order valence-corrected chi connectivity index (χ1v) is 8.04. The largest absolute Gasteiger partial charge is 0.469 e. The summed E-state index contributed by atoms with van der Waals surface area (Å²) in [6, 6.07) is 0. The van der Waals surface area contributed by atoms with Crippen molar-refractivity contribution in [1.29, 1.82) is 0 Å². The zero-order valence-electron chi connectivity index (χ0n) is 14.1. The monoisotopic (exact) mass is 284 g/mol. The summed E-state index contributed by atoms with van der Waals surface area (Å²) < 4.78 is 4.80. The minimum absolute atomic E-state index is 0.0452. The highest BCUT2D eigenvalue weighted by Gasteiger charge is 2.38. The van der Waals surface area contributed by atoms with Gasteiger partial charge in [-0.1, -0.05) is 41.0 Å². The molecule has 3 nitrogen and oxygen atoms in total. The van der Waals surface area contributed by atoms with E-state index < -0.39 is 0 Å². The number of Topliss-reactive ketones (excluding diaryl/α,β-unsaturated/α-hetero) is 1. The smallest absolute Gasteiger partial charge is 0.308 e. The van der Waals surface area contributed by atoms with Crippen molar-refractivity contribution >= 4 is 11.8 Å². The average molecular weight is 284 g/mol. The first-order valence-electron chi connectivity index (χ1n) is 8.04. The van der Waals surface area contributed by atoms with Crippen molar-refractivity contribution in [1.82, 2.24) is 0 Å². The van der Waals surface area contributed by atoms with Crippen LogP contribution in [0.5, 0.6) is 0 Å². The molecule has 0 atom stereocenters. The third-order valence-corrected chi connectivity index (χ3v) is 4.52. The fourth-order valence-corrected chi connectivity index (χ4v) is 2.86.